The van der Waals surface area contributed by atoms with Gasteiger partial charge in [0.25, 0.3) is 0 Å². The summed E-state index contributed by atoms with van der Waals surface area (Å²) in [6.07, 6.45) is 3.42. The van der Waals surface area contributed by atoms with Gasteiger partial charge >= 0.3 is 5.63 Å². The molecule has 0 aliphatic heterocycles. The molecule has 1 aromatic carbocycles. The van der Waals surface area contributed by atoms with Crippen LogP contribution in [0.2, 0.25) is 0 Å². The smallest absolute Gasteiger partial charge is 0.336 e. The summed E-state index contributed by atoms with van der Waals surface area (Å²) in [4.78, 5) is 11.7. The standard InChI is InChI=1S/C16H13NO4/c1-20-13-4-5-14-11(7-16(19)21-15(14)8-13)9-17-6-2-3-12(18)10-17/h2-8,10H,9H2,1H3/p+1. The molecule has 0 spiro atoms. The molecule has 106 valence electrons. The second-order valence-electron chi connectivity index (χ2n) is 4.69. The number of ether oxygens (including phenoxy) is 1. The second-order valence-corrected chi connectivity index (χ2v) is 4.69. The molecule has 2 aromatic heterocycles. The molecule has 0 aliphatic rings. The number of aromatic nitrogens is 1. The first-order chi connectivity index (χ1) is 10.2. The van der Waals surface area contributed by atoms with Crippen LogP contribution in [0.3, 0.4) is 0 Å². The highest BCUT2D eigenvalue weighted by Gasteiger charge is 2.11. The minimum Gasteiger partial charge on any atom is -0.503 e. The SMILES string of the molecule is COc1ccc2c(C[n+]3cccc(O)c3)cc(=O)oc2c1. The number of methoxy groups -OCH3 is 1. The Labute approximate surface area is 120 Å². The number of fused-ring (bicyclic) bond motifs is 1. The van der Waals surface area contributed by atoms with E-state index in [4.69, 9.17) is 9.15 Å². The highest BCUT2D eigenvalue weighted by Crippen LogP contribution is 2.22. The number of aromatic hydroxyl groups is 1. The summed E-state index contributed by atoms with van der Waals surface area (Å²) in [6, 6.07) is 10.2. The molecule has 5 nitrogen and oxygen atoms in total. The number of pyridine rings is 1. The molecule has 0 aliphatic carbocycles. The van der Waals surface area contributed by atoms with Gasteiger partial charge in [0.15, 0.2) is 18.5 Å². The van der Waals surface area contributed by atoms with Crippen molar-refractivity contribution in [1.82, 2.24) is 0 Å². The highest BCUT2D eigenvalue weighted by molar-refractivity contribution is 5.81. The zero-order valence-corrected chi connectivity index (χ0v) is 11.4. The van der Waals surface area contributed by atoms with Gasteiger partial charge in [0.2, 0.25) is 6.20 Å². The Morgan fingerprint density at radius 3 is 2.90 bits per heavy atom. The molecule has 1 N–H and O–H groups in total. The van der Waals surface area contributed by atoms with E-state index in [1.165, 1.54) is 6.07 Å². The first-order valence-electron chi connectivity index (χ1n) is 6.44. The molecule has 2 heterocycles. The molecule has 0 unspecified atom stereocenters. The van der Waals surface area contributed by atoms with Crippen LogP contribution in [0.1, 0.15) is 5.56 Å². The number of rotatable bonds is 3. The Bertz CT molecular complexity index is 854. The van der Waals surface area contributed by atoms with Crippen molar-refractivity contribution >= 4 is 11.0 Å². The van der Waals surface area contributed by atoms with Crippen LogP contribution < -0.4 is 14.9 Å². The Morgan fingerprint density at radius 1 is 1.29 bits per heavy atom. The normalized spacial score (nSPS) is 10.7. The fraction of sp³-hybridized carbons (Fsp3) is 0.125. The lowest BCUT2D eigenvalue weighted by Gasteiger charge is -2.05. The molecule has 0 fully saturated rings. The summed E-state index contributed by atoms with van der Waals surface area (Å²) >= 11 is 0. The predicted octanol–water partition coefficient (Wildman–Crippen LogP) is 1.84. The third-order valence-corrected chi connectivity index (χ3v) is 3.23. The Morgan fingerprint density at radius 2 is 2.14 bits per heavy atom. The summed E-state index contributed by atoms with van der Waals surface area (Å²) in [5.41, 5.74) is 0.892. The molecule has 5 heteroatoms. The second kappa shape index (κ2) is 5.28. The molecule has 0 bridgehead atoms. The molecule has 0 amide bonds. The third-order valence-electron chi connectivity index (χ3n) is 3.23. The maximum Gasteiger partial charge on any atom is 0.336 e. The Balaban J connectivity index is 2.11. The predicted molar refractivity (Wildman–Crippen MR) is 76.4 cm³/mol. The first-order valence-corrected chi connectivity index (χ1v) is 6.44. The summed E-state index contributed by atoms with van der Waals surface area (Å²) in [7, 11) is 1.56. The van der Waals surface area contributed by atoms with Crippen molar-refractivity contribution in [1.29, 1.82) is 0 Å². The van der Waals surface area contributed by atoms with Gasteiger partial charge < -0.3 is 14.3 Å². The molecule has 3 aromatic rings. The van der Waals surface area contributed by atoms with Crippen molar-refractivity contribution in [2.75, 3.05) is 7.11 Å². The molecule has 21 heavy (non-hydrogen) atoms. The maximum atomic E-state index is 11.7. The zero-order chi connectivity index (χ0) is 14.8. The van der Waals surface area contributed by atoms with E-state index >= 15 is 0 Å². The highest BCUT2D eigenvalue weighted by atomic mass is 16.5. The van der Waals surface area contributed by atoms with Gasteiger partial charge in [-0.1, -0.05) is 0 Å². The van der Waals surface area contributed by atoms with Gasteiger partial charge in [0.05, 0.1) is 7.11 Å². The zero-order valence-electron chi connectivity index (χ0n) is 11.4. The van der Waals surface area contributed by atoms with Gasteiger partial charge in [0, 0.05) is 29.1 Å². The first kappa shape index (κ1) is 13.2. The van der Waals surface area contributed by atoms with Crippen molar-refractivity contribution in [2.45, 2.75) is 6.54 Å². The Kier molecular flexibility index (Phi) is 3.31. The van der Waals surface area contributed by atoms with E-state index in [0.29, 0.717) is 17.9 Å². The lowest BCUT2D eigenvalue weighted by Crippen LogP contribution is -2.33. The van der Waals surface area contributed by atoms with Crippen molar-refractivity contribution in [2.24, 2.45) is 0 Å². The number of hydrogen-bond acceptors (Lipinski definition) is 4. The fourth-order valence-corrected chi connectivity index (χ4v) is 2.27. The van der Waals surface area contributed by atoms with E-state index in [1.807, 2.05) is 18.3 Å². The van der Waals surface area contributed by atoms with E-state index in [2.05, 4.69) is 0 Å². The maximum absolute atomic E-state index is 11.7. The third kappa shape index (κ3) is 2.72. The van der Waals surface area contributed by atoms with Crippen LogP contribution in [0.25, 0.3) is 11.0 Å². The van der Waals surface area contributed by atoms with Crippen molar-refractivity contribution < 1.29 is 18.8 Å². The van der Waals surface area contributed by atoms with Gasteiger partial charge in [-0.3, -0.25) is 0 Å². The van der Waals surface area contributed by atoms with Crippen LogP contribution in [-0.2, 0) is 6.54 Å². The lowest BCUT2D eigenvalue weighted by atomic mass is 10.1. The number of nitrogens with zero attached hydrogens (tertiary/aromatic N) is 1. The molecular formula is C16H14NO4+. The molecule has 0 saturated carbocycles. The van der Waals surface area contributed by atoms with E-state index in [1.54, 1.807) is 36.1 Å². The minimum absolute atomic E-state index is 0.173. The molecule has 3 rings (SSSR count). The van der Waals surface area contributed by atoms with Crippen LogP contribution in [0.15, 0.2) is 58.0 Å². The van der Waals surface area contributed by atoms with Crippen molar-refractivity contribution in [3.05, 3.63) is 64.8 Å². The van der Waals surface area contributed by atoms with Gasteiger partial charge in [-0.25, -0.2) is 4.79 Å². The average molecular weight is 284 g/mol. The van der Waals surface area contributed by atoms with E-state index in [9.17, 15) is 9.90 Å². The quantitative estimate of drug-likeness (QED) is 0.589. The van der Waals surface area contributed by atoms with Crippen LogP contribution in [0.4, 0.5) is 0 Å². The number of benzene rings is 1. The average Bonchev–Trinajstić information content (AvgIpc) is 2.46. The Hall–Kier alpha value is -2.82. The number of hydrogen-bond donors (Lipinski definition) is 1. The van der Waals surface area contributed by atoms with Crippen LogP contribution in [0.5, 0.6) is 11.5 Å². The van der Waals surface area contributed by atoms with Crippen molar-refractivity contribution in [3.63, 3.8) is 0 Å². The van der Waals surface area contributed by atoms with E-state index < -0.39 is 5.63 Å². The summed E-state index contributed by atoms with van der Waals surface area (Å²) in [5.74, 6) is 0.805. The minimum atomic E-state index is -0.411. The van der Waals surface area contributed by atoms with Gasteiger partial charge in [-0.2, -0.15) is 4.57 Å². The summed E-state index contributed by atoms with van der Waals surface area (Å²) in [6.45, 7) is 0.461. The van der Waals surface area contributed by atoms with E-state index in [0.717, 1.165) is 10.9 Å². The molecule has 0 saturated heterocycles. The van der Waals surface area contributed by atoms with Gasteiger partial charge in [-0.05, 0) is 18.2 Å². The van der Waals surface area contributed by atoms with Gasteiger partial charge in [0.1, 0.15) is 11.3 Å². The molecule has 0 radical (unpaired) electrons. The fourth-order valence-electron chi connectivity index (χ4n) is 2.27. The molecular weight excluding hydrogens is 270 g/mol. The molecule has 0 atom stereocenters. The summed E-state index contributed by atoms with van der Waals surface area (Å²) < 4.78 is 12.1. The monoisotopic (exact) mass is 284 g/mol. The summed E-state index contributed by atoms with van der Waals surface area (Å²) in [5, 5.41) is 10.3. The largest absolute Gasteiger partial charge is 0.503 e. The van der Waals surface area contributed by atoms with Crippen LogP contribution in [0, 0.1) is 0 Å². The van der Waals surface area contributed by atoms with Gasteiger partial charge in [-0.15, -0.1) is 0 Å². The van der Waals surface area contributed by atoms with Crippen LogP contribution >= 0.6 is 0 Å². The lowest BCUT2D eigenvalue weighted by molar-refractivity contribution is -0.688. The topological polar surface area (TPSA) is 63.6 Å². The van der Waals surface area contributed by atoms with Crippen molar-refractivity contribution in [3.8, 4) is 11.5 Å². The van der Waals surface area contributed by atoms with E-state index in [-0.39, 0.29) is 5.75 Å². The van der Waals surface area contributed by atoms with Crippen LogP contribution in [-0.4, -0.2) is 12.2 Å².